The highest BCUT2D eigenvalue weighted by atomic mass is 16.7. The van der Waals surface area contributed by atoms with Gasteiger partial charge in [0.05, 0.1) is 33.0 Å². The molecular weight excluding hydrogens is 560 g/mol. The molecule has 3 aromatic rings. The second-order valence-corrected chi connectivity index (χ2v) is 11.3. The van der Waals surface area contributed by atoms with Gasteiger partial charge in [0, 0.05) is 37.7 Å². The van der Waals surface area contributed by atoms with Crippen LogP contribution in [0, 0.1) is 5.92 Å². The lowest BCUT2D eigenvalue weighted by Crippen LogP contribution is -2.45. The van der Waals surface area contributed by atoms with Gasteiger partial charge in [-0.2, -0.15) is 0 Å². The van der Waals surface area contributed by atoms with Crippen LogP contribution in [0.4, 0.5) is 4.79 Å². The van der Waals surface area contributed by atoms with Crippen molar-refractivity contribution in [1.82, 2.24) is 10.2 Å². The molecule has 0 unspecified atom stereocenters. The Hall–Kier alpha value is -3.89. The molecule has 44 heavy (non-hydrogen) atoms. The maximum Gasteiger partial charge on any atom is 0.407 e. The lowest BCUT2D eigenvalue weighted by molar-refractivity contribution is -0.276. The van der Waals surface area contributed by atoms with Gasteiger partial charge in [-0.05, 0) is 46.4 Å². The van der Waals surface area contributed by atoms with E-state index < -0.39 is 12.4 Å². The summed E-state index contributed by atoms with van der Waals surface area (Å²) in [7, 11) is 3.33. The Bertz CT molecular complexity index is 1410. The van der Waals surface area contributed by atoms with Gasteiger partial charge in [-0.25, -0.2) is 4.79 Å². The molecule has 0 radical (unpaired) electrons. The van der Waals surface area contributed by atoms with Crippen LogP contribution in [0.3, 0.4) is 0 Å². The summed E-state index contributed by atoms with van der Waals surface area (Å²) in [6, 6.07) is 20.0. The van der Waals surface area contributed by atoms with E-state index in [1.165, 1.54) is 17.2 Å². The highest BCUT2D eigenvalue weighted by Gasteiger charge is 2.39. The van der Waals surface area contributed by atoms with Crippen LogP contribution in [0.5, 0.6) is 11.5 Å². The number of carbonyl (C=O) groups excluding carboxylic acids is 1. The molecule has 0 spiro atoms. The number of nitrogens with one attached hydrogen (secondary N) is 1. The average molecular weight is 603 g/mol. The van der Waals surface area contributed by atoms with Crippen LogP contribution in [0.1, 0.15) is 52.7 Å². The van der Waals surface area contributed by atoms with E-state index in [0.717, 1.165) is 59.8 Å². The van der Waals surface area contributed by atoms with Gasteiger partial charge in [-0.1, -0.05) is 68.1 Å². The van der Waals surface area contributed by atoms with E-state index in [9.17, 15) is 9.90 Å². The van der Waals surface area contributed by atoms with Crippen molar-refractivity contribution in [2.45, 2.75) is 51.5 Å². The van der Waals surface area contributed by atoms with Crippen LogP contribution in [-0.4, -0.2) is 56.1 Å². The molecule has 1 fully saturated rings. The molecule has 1 saturated heterocycles. The highest BCUT2D eigenvalue weighted by molar-refractivity contribution is 5.67. The van der Waals surface area contributed by atoms with Crippen molar-refractivity contribution in [1.29, 1.82) is 0 Å². The second-order valence-electron chi connectivity index (χ2n) is 11.3. The zero-order valence-electron chi connectivity index (χ0n) is 25.7. The molecule has 0 aromatic heterocycles. The number of hydrogen-bond donors (Lipinski definition) is 2. The van der Waals surface area contributed by atoms with Crippen molar-refractivity contribution in [2.75, 3.05) is 33.9 Å². The van der Waals surface area contributed by atoms with Crippen molar-refractivity contribution >= 4 is 6.09 Å². The normalized spacial score (nSPS) is 21.6. The molecule has 2 heterocycles. The smallest absolute Gasteiger partial charge is 0.407 e. The third kappa shape index (κ3) is 7.42. The molecule has 1 amide bonds. The summed E-state index contributed by atoms with van der Waals surface area (Å²) in [6.45, 7) is 8.68. The minimum absolute atomic E-state index is 0.00397. The first-order chi connectivity index (χ1) is 21.4. The van der Waals surface area contributed by atoms with Gasteiger partial charge in [0.2, 0.25) is 0 Å². The van der Waals surface area contributed by atoms with Gasteiger partial charge >= 0.3 is 6.09 Å². The predicted octanol–water partition coefficient (Wildman–Crippen LogP) is 5.46. The number of benzene rings is 3. The fraction of sp³-hybridized carbons (Fsp3) is 0.400. The van der Waals surface area contributed by atoms with E-state index in [1.807, 2.05) is 48.5 Å². The standard InChI is InChI=1S/C35H42N2O7/c1-5-16-42-35(39)36-19-24-6-12-27(13-7-24)34-43-32(23(2)33(44-34)26-10-8-25(22-38)9-11-26)21-37-15-14-28-17-30(40-3)31(41-4)18-29(28)20-37/h5-13,17-18,23,32-34,38H,1,14-16,19-22H2,2-4H3,(H,36,39)/t23-,32+,33+,34+/m1/s1. The van der Waals surface area contributed by atoms with Crippen LogP contribution in [0.2, 0.25) is 0 Å². The monoisotopic (exact) mass is 602 g/mol. The zero-order valence-corrected chi connectivity index (χ0v) is 25.7. The van der Waals surface area contributed by atoms with Crippen LogP contribution in [0.25, 0.3) is 0 Å². The van der Waals surface area contributed by atoms with E-state index in [4.69, 9.17) is 23.7 Å². The molecule has 2 aliphatic heterocycles. The lowest BCUT2D eigenvalue weighted by atomic mass is 9.89. The van der Waals surface area contributed by atoms with Crippen LogP contribution in [-0.2, 0) is 40.3 Å². The Morgan fingerprint density at radius 2 is 1.66 bits per heavy atom. The Labute approximate surface area is 259 Å². The molecule has 234 valence electrons. The first kappa shape index (κ1) is 31.5. The molecule has 5 rings (SSSR count). The SMILES string of the molecule is C=CCOC(=O)NCc1ccc([C@H]2O[C@@H](CN3CCc4cc(OC)c(OC)cc4C3)[C@@H](C)[C@@H](c3ccc(CO)cc3)O2)cc1. The number of alkyl carbamates (subject to hydrolysis) is 1. The summed E-state index contributed by atoms with van der Waals surface area (Å²) in [4.78, 5) is 14.2. The summed E-state index contributed by atoms with van der Waals surface area (Å²) < 4.78 is 29.4. The molecule has 0 aliphatic carbocycles. The quantitative estimate of drug-likeness (QED) is 0.280. The maximum atomic E-state index is 11.8. The number of methoxy groups -OCH3 is 2. The molecule has 0 bridgehead atoms. The van der Waals surface area contributed by atoms with E-state index >= 15 is 0 Å². The number of aliphatic hydroxyl groups is 1. The summed E-state index contributed by atoms with van der Waals surface area (Å²) in [5.41, 5.74) is 6.26. The molecule has 2 aliphatic rings. The van der Waals surface area contributed by atoms with Gasteiger partial charge < -0.3 is 34.1 Å². The number of fused-ring (bicyclic) bond motifs is 1. The van der Waals surface area contributed by atoms with Crippen molar-refractivity contribution < 1.29 is 33.6 Å². The van der Waals surface area contributed by atoms with Crippen LogP contribution < -0.4 is 14.8 Å². The summed E-state index contributed by atoms with van der Waals surface area (Å²) in [5.74, 6) is 1.57. The first-order valence-electron chi connectivity index (χ1n) is 15.0. The number of carbonyl (C=O) groups is 1. The van der Waals surface area contributed by atoms with Gasteiger partial charge in [-0.3, -0.25) is 4.90 Å². The van der Waals surface area contributed by atoms with Crippen molar-refractivity contribution in [3.8, 4) is 11.5 Å². The number of rotatable bonds is 11. The maximum absolute atomic E-state index is 11.8. The molecule has 0 saturated carbocycles. The molecular formula is C35H42N2O7. The van der Waals surface area contributed by atoms with Gasteiger partial charge in [-0.15, -0.1) is 0 Å². The predicted molar refractivity (Wildman–Crippen MR) is 166 cm³/mol. The summed E-state index contributed by atoms with van der Waals surface area (Å²) >= 11 is 0. The fourth-order valence-corrected chi connectivity index (χ4v) is 5.83. The van der Waals surface area contributed by atoms with Gasteiger partial charge in [0.1, 0.15) is 6.61 Å². The third-order valence-electron chi connectivity index (χ3n) is 8.38. The van der Waals surface area contributed by atoms with E-state index in [-0.39, 0.29) is 31.3 Å². The van der Waals surface area contributed by atoms with E-state index in [0.29, 0.717) is 6.54 Å². The first-order valence-corrected chi connectivity index (χ1v) is 15.0. The molecule has 4 atom stereocenters. The Kier molecular flexibility index (Phi) is 10.6. The minimum atomic E-state index is -0.570. The lowest BCUT2D eigenvalue weighted by Gasteiger charge is -2.43. The topological polar surface area (TPSA) is 98.7 Å². The van der Waals surface area contributed by atoms with E-state index in [1.54, 1.807) is 14.2 Å². The second kappa shape index (κ2) is 14.7. The van der Waals surface area contributed by atoms with E-state index in [2.05, 4.69) is 35.9 Å². The Morgan fingerprint density at radius 3 is 2.32 bits per heavy atom. The number of ether oxygens (including phenoxy) is 5. The summed E-state index contributed by atoms with van der Waals surface area (Å²) in [5, 5.41) is 12.3. The molecule has 2 N–H and O–H groups in total. The molecule has 3 aromatic carbocycles. The fourth-order valence-electron chi connectivity index (χ4n) is 5.83. The molecule has 9 heteroatoms. The summed E-state index contributed by atoms with van der Waals surface area (Å²) in [6.07, 6.45) is 1.09. The van der Waals surface area contributed by atoms with Gasteiger partial charge in [0.25, 0.3) is 0 Å². The van der Waals surface area contributed by atoms with Crippen molar-refractivity contribution in [2.24, 2.45) is 5.92 Å². The molecule has 9 nitrogen and oxygen atoms in total. The number of amides is 1. The average Bonchev–Trinajstić information content (AvgIpc) is 3.06. The van der Waals surface area contributed by atoms with Gasteiger partial charge in [0.15, 0.2) is 17.8 Å². The number of nitrogens with zero attached hydrogens (tertiary/aromatic N) is 1. The van der Waals surface area contributed by atoms with Crippen molar-refractivity contribution in [3.05, 3.63) is 107 Å². The van der Waals surface area contributed by atoms with Crippen LogP contribution >= 0.6 is 0 Å². The van der Waals surface area contributed by atoms with Crippen molar-refractivity contribution in [3.63, 3.8) is 0 Å². The third-order valence-corrected chi connectivity index (χ3v) is 8.38. The highest BCUT2D eigenvalue weighted by Crippen LogP contribution is 2.42. The Morgan fingerprint density at radius 1 is 1.00 bits per heavy atom. The zero-order chi connectivity index (χ0) is 31.1. The minimum Gasteiger partial charge on any atom is -0.493 e. The number of hydrogen-bond acceptors (Lipinski definition) is 8. The Balaban J connectivity index is 1.33. The number of aliphatic hydroxyl groups excluding tert-OH is 1. The van der Waals surface area contributed by atoms with Crippen LogP contribution in [0.15, 0.2) is 73.3 Å². The largest absolute Gasteiger partial charge is 0.493 e.